The van der Waals surface area contributed by atoms with Crippen LogP contribution in [0.25, 0.3) is 6.08 Å². The summed E-state index contributed by atoms with van der Waals surface area (Å²) in [6.45, 7) is 2.77. The van der Waals surface area contributed by atoms with Gasteiger partial charge in [0.05, 0.1) is 12.1 Å². The van der Waals surface area contributed by atoms with E-state index in [1.54, 1.807) is 7.11 Å². The summed E-state index contributed by atoms with van der Waals surface area (Å²) in [5.74, 6) is 0.721. The zero-order valence-corrected chi connectivity index (χ0v) is 10.6. The van der Waals surface area contributed by atoms with Crippen LogP contribution in [0.2, 0.25) is 5.02 Å². The highest BCUT2D eigenvalue weighted by molar-refractivity contribution is 6.32. The van der Waals surface area contributed by atoms with Crippen molar-refractivity contribution in [1.82, 2.24) is 0 Å². The second kappa shape index (κ2) is 6.56. The van der Waals surface area contributed by atoms with Gasteiger partial charge in [0.1, 0.15) is 5.75 Å². The van der Waals surface area contributed by atoms with Crippen LogP contribution in [0.4, 0.5) is 0 Å². The summed E-state index contributed by atoms with van der Waals surface area (Å²) >= 11 is 6.06. The second-order valence-corrected chi connectivity index (χ2v) is 4.08. The van der Waals surface area contributed by atoms with Crippen molar-refractivity contribution >= 4 is 17.7 Å². The van der Waals surface area contributed by atoms with Crippen LogP contribution in [-0.4, -0.2) is 13.7 Å². The molecule has 0 aliphatic carbocycles. The normalized spacial score (nSPS) is 11.0. The number of aryl methyl sites for hydroxylation is 1. The number of allylic oxidation sites excluding steroid dienone is 1. The fourth-order valence-electron chi connectivity index (χ4n) is 1.45. The molecule has 0 heterocycles. The molecule has 0 aliphatic heterocycles. The largest absolute Gasteiger partial charge is 0.495 e. The Morgan fingerprint density at radius 2 is 2.19 bits per heavy atom. The maximum absolute atomic E-state index is 6.06. The molecule has 0 spiro atoms. The average molecular weight is 240 g/mol. The molecule has 0 saturated carbocycles. The molecule has 0 bridgehead atoms. The van der Waals surface area contributed by atoms with Crippen molar-refractivity contribution in [3.8, 4) is 5.75 Å². The maximum atomic E-state index is 6.06. The number of halogens is 1. The van der Waals surface area contributed by atoms with Gasteiger partial charge in [-0.15, -0.1) is 0 Å². The number of hydrogen-bond acceptors (Lipinski definition) is 2. The topological polar surface area (TPSA) is 35.2 Å². The molecule has 0 aromatic heterocycles. The molecule has 2 N–H and O–H groups in total. The molecule has 1 rings (SSSR count). The third kappa shape index (κ3) is 3.54. The summed E-state index contributed by atoms with van der Waals surface area (Å²) < 4.78 is 5.15. The molecule has 0 radical (unpaired) electrons. The van der Waals surface area contributed by atoms with E-state index < -0.39 is 0 Å². The van der Waals surface area contributed by atoms with Crippen molar-refractivity contribution in [3.63, 3.8) is 0 Å². The summed E-state index contributed by atoms with van der Waals surface area (Å²) in [4.78, 5) is 0. The van der Waals surface area contributed by atoms with Gasteiger partial charge in [0, 0.05) is 0 Å². The lowest BCUT2D eigenvalue weighted by Crippen LogP contribution is -1.96. The molecule has 0 atom stereocenters. The first-order valence-corrected chi connectivity index (χ1v) is 5.77. The first-order chi connectivity index (χ1) is 7.69. The third-order valence-electron chi connectivity index (χ3n) is 2.41. The Labute approximate surface area is 102 Å². The van der Waals surface area contributed by atoms with Crippen LogP contribution in [0.3, 0.4) is 0 Å². The van der Waals surface area contributed by atoms with Crippen molar-refractivity contribution in [2.24, 2.45) is 5.73 Å². The number of nitrogens with two attached hydrogens (primary N) is 1. The van der Waals surface area contributed by atoms with Crippen LogP contribution in [0.15, 0.2) is 18.2 Å². The van der Waals surface area contributed by atoms with E-state index in [1.165, 1.54) is 0 Å². The smallest absolute Gasteiger partial charge is 0.137 e. The molecule has 1 aromatic rings. The fraction of sp³-hybridized carbons (Fsp3) is 0.385. The summed E-state index contributed by atoms with van der Waals surface area (Å²) in [7, 11) is 1.62. The van der Waals surface area contributed by atoms with Crippen LogP contribution in [0.5, 0.6) is 5.75 Å². The molecule has 0 saturated heterocycles. The van der Waals surface area contributed by atoms with Crippen LogP contribution < -0.4 is 10.5 Å². The van der Waals surface area contributed by atoms with Gasteiger partial charge in [-0.1, -0.05) is 23.8 Å². The van der Waals surface area contributed by atoms with Gasteiger partial charge in [0.15, 0.2) is 0 Å². The minimum atomic E-state index is 0.645. The number of methoxy groups -OCH3 is 1. The lowest BCUT2D eigenvalue weighted by atomic mass is 10.1. The molecule has 0 aliphatic rings. The van der Waals surface area contributed by atoms with Gasteiger partial charge in [-0.2, -0.15) is 0 Å². The van der Waals surface area contributed by atoms with E-state index in [-0.39, 0.29) is 0 Å². The summed E-state index contributed by atoms with van der Waals surface area (Å²) in [5.41, 5.74) is 7.71. The highest BCUT2D eigenvalue weighted by atomic mass is 35.5. The summed E-state index contributed by atoms with van der Waals surface area (Å²) in [6, 6.07) is 3.87. The van der Waals surface area contributed by atoms with Crippen LogP contribution in [0, 0.1) is 6.92 Å². The van der Waals surface area contributed by atoms with Crippen LogP contribution >= 0.6 is 11.6 Å². The molecular formula is C13H18ClNO. The van der Waals surface area contributed by atoms with Gasteiger partial charge in [0.2, 0.25) is 0 Å². The Hall–Kier alpha value is -0.990. The number of hydrogen-bond donors (Lipinski definition) is 1. The zero-order chi connectivity index (χ0) is 12.0. The van der Waals surface area contributed by atoms with Gasteiger partial charge in [0.25, 0.3) is 0 Å². The number of benzene rings is 1. The minimum absolute atomic E-state index is 0.645. The molecule has 16 heavy (non-hydrogen) atoms. The quantitative estimate of drug-likeness (QED) is 0.800. The fourth-order valence-corrected chi connectivity index (χ4v) is 1.70. The Bertz CT molecular complexity index is 374. The molecule has 0 unspecified atom stereocenters. The second-order valence-electron chi connectivity index (χ2n) is 3.68. The summed E-state index contributed by atoms with van der Waals surface area (Å²) in [5, 5.41) is 0.645. The number of ether oxygens (including phenoxy) is 1. The highest BCUT2D eigenvalue weighted by Gasteiger charge is 2.03. The standard InChI is InChI=1S/C13H18ClNO/c1-10-8-13(16-2)12(14)9-11(10)6-4-3-5-7-15/h4,6,8-9H,3,5,7,15H2,1-2H3/b6-4+. The van der Waals surface area contributed by atoms with Crippen molar-refractivity contribution < 1.29 is 4.74 Å². The van der Waals surface area contributed by atoms with Crippen molar-refractivity contribution in [2.75, 3.05) is 13.7 Å². The average Bonchev–Trinajstić information content (AvgIpc) is 2.28. The van der Waals surface area contributed by atoms with E-state index in [1.807, 2.05) is 19.1 Å². The predicted molar refractivity (Wildman–Crippen MR) is 70.1 cm³/mol. The summed E-state index contributed by atoms with van der Waals surface area (Å²) in [6.07, 6.45) is 6.22. The monoisotopic (exact) mass is 239 g/mol. The SMILES string of the molecule is COc1cc(C)c(/C=C/CCCN)cc1Cl. The first-order valence-electron chi connectivity index (χ1n) is 5.39. The van der Waals surface area contributed by atoms with Gasteiger partial charge >= 0.3 is 0 Å². The maximum Gasteiger partial charge on any atom is 0.137 e. The zero-order valence-electron chi connectivity index (χ0n) is 9.79. The highest BCUT2D eigenvalue weighted by Crippen LogP contribution is 2.28. The van der Waals surface area contributed by atoms with Crippen LogP contribution in [0.1, 0.15) is 24.0 Å². The Balaban J connectivity index is 2.81. The first kappa shape index (κ1) is 13.1. The Kier molecular flexibility index (Phi) is 5.36. The molecule has 88 valence electrons. The molecule has 0 amide bonds. The number of unbranched alkanes of at least 4 members (excludes halogenated alkanes) is 1. The molecule has 3 heteroatoms. The molecule has 2 nitrogen and oxygen atoms in total. The van der Waals surface area contributed by atoms with Gasteiger partial charge in [-0.25, -0.2) is 0 Å². The third-order valence-corrected chi connectivity index (χ3v) is 2.71. The van der Waals surface area contributed by atoms with E-state index in [4.69, 9.17) is 22.1 Å². The van der Waals surface area contributed by atoms with Gasteiger partial charge in [-0.05, 0) is 49.6 Å². The molecule has 0 fully saturated rings. The van der Waals surface area contributed by atoms with E-state index in [0.717, 1.165) is 36.3 Å². The lowest BCUT2D eigenvalue weighted by Gasteiger charge is -2.07. The van der Waals surface area contributed by atoms with Crippen LogP contribution in [-0.2, 0) is 0 Å². The minimum Gasteiger partial charge on any atom is -0.495 e. The van der Waals surface area contributed by atoms with E-state index >= 15 is 0 Å². The lowest BCUT2D eigenvalue weighted by molar-refractivity contribution is 0.414. The van der Waals surface area contributed by atoms with Gasteiger partial charge < -0.3 is 10.5 Å². The number of rotatable bonds is 5. The van der Waals surface area contributed by atoms with Crippen molar-refractivity contribution in [2.45, 2.75) is 19.8 Å². The van der Waals surface area contributed by atoms with Crippen molar-refractivity contribution in [3.05, 3.63) is 34.4 Å². The molecular weight excluding hydrogens is 222 g/mol. The Morgan fingerprint density at radius 1 is 1.44 bits per heavy atom. The Morgan fingerprint density at radius 3 is 2.81 bits per heavy atom. The van der Waals surface area contributed by atoms with Crippen molar-refractivity contribution in [1.29, 1.82) is 0 Å². The predicted octanol–water partition coefficient (Wildman–Crippen LogP) is 3.41. The van der Waals surface area contributed by atoms with Gasteiger partial charge in [-0.3, -0.25) is 0 Å². The molecule has 1 aromatic carbocycles. The van der Waals surface area contributed by atoms with E-state index in [2.05, 4.69) is 12.2 Å². The van der Waals surface area contributed by atoms with E-state index in [0.29, 0.717) is 5.02 Å². The van der Waals surface area contributed by atoms with E-state index in [9.17, 15) is 0 Å².